The number of hydrogen-bond acceptors (Lipinski definition) is 4. The van der Waals surface area contributed by atoms with Gasteiger partial charge in [0.2, 0.25) is 0 Å². The summed E-state index contributed by atoms with van der Waals surface area (Å²) in [5.41, 5.74) is 2.53. The van der Waals surface area contributed by atoms with Crippen molar-refractivity contribution in [2.24, 2.45) is 5.92 Å². The summed E-state index contributed by atoms with van der Waals surface area (Å²) < 4.78 is 1.95. The lowest BCUT2D eigenvalue weighted by atomic mass is 10.0. The summed E-state index contributed by atoms with van der Waals surface area (Å²) in [6.07, 6.45) is 6.75. The van der Waals surface area contributed by atoms with Crippen molar-refractivity contribution in [3.05, 3.63) is 35.8 Å². The van der Waals surface area contributed by atoms with Gasteiger partial charge in [0.15, 0.2) is 0 Å². The molecule has 5 heteroatoms. The molecule has 0 spiro atoms. The standard InChI is InChI=1S/C16H22N4O/c1-2-3-13(6-7-21)9-18-10-15-11-19-16-5-4-14(8-17)12-20(15)16/h4-5,11-13,18,21H,2-3,6-7,9-10H2,1H3. The SMILES string of the molecule is CCCC(CCO)CNCc1cnc2ccc(C#N)cn12. The fourth-order valence-corrected chi connectivity index (χ4v) is 2.57. The minimum absolute atomic E-state index is 0.244. The zero-order valence-corrected chi connectivity index (χ0v) is 12.4. The van der Waals surface area contributed by atoms with Crippen molar-refractivity contribution >= 4 is 5.65 Å². The van der Waals surface area contributed by atoms with Gasteiger partial charge in [0.25, 0.3) is 0 Å². The monoisotopic (exact) mass is 286 g/mol. The molecule has 0 bridgehead atoms. The van der Waals surface area contributed by atoms with E-state index in [1.54, 1.807) is 6.07 Å². The first-order chi connectivity index (χ1) is 10.3. The molecular weight excluding hydrogens is 264 g/mol. The van der Waals surface area contributed by atoms with Crippen LogP contribution in [0, 0.1) is 17.2 Å². The zero-order valence-electron chi connectivity index (χ0n) is 12.4. The molecule has 0 radical (unpaired) electrons. The Morgan fingerprint density at radius 2 is 2.29 bits per heavy atom. The molecule has 2 rings (SSSR count). The van der Waals surface area contributed by atoms with Crippen LogP contribution in [-0.4, -0.2) is 27.6 Å². The third-order valence-electron chi connectivity index (χ3n) is 3.68. The maximum atomic E-state index is 9.07. The van der Waals surface area contributed by atoms with Crippen molar-refractivity contribution in [2.75, 3.05) is 13.2 Å². The van der Waals surface area contributed by atoms with Crippen molar-refractivity contribution in [2.45, 2.75) is 32.7 Å². The maximum Gasteiger partial charge on any atom is 0.137 e. The van der Waals surface area contributed by atoms with Crippen molar-refractivity contribution in [1.29, 1.82) is 5.26 Å². The molecule has 0 aliphatic carbocycles. The molecule has 0 aliphatic rings. The number of aliphatic hydroxyl groups excluding tert-OH is 1. The van der Waals surface area contributed by atoms with Gasteiger partial charge in [0.05, 0.1) is 17.5 Å². The van der Waals surface area contributed by atoms with E-state index in [1.807, 2.05) is 22.9 Å². The summed E-state index contributed by atoms with van der Waals surface area (Å²) in [7, 11) is 0. The van der Waals surface area contributed by atoms with Crippen molar-refractivity contribution in [3.63, 3.8) is 0 Å². The first-order valence-corrected chi connectivity index (χ1v) is 7.46. The van der Waals surface area contributed by atoms with Crippen LogP contribution in [0.1, 0.15) is 37.4 Å². The number of aliphatic hydroxyl groups is 1. The molecule has 0 fully saturated rings. The van der Waals surface area contributed by atoms with Crippen LogP contribution in [0.15, 0.2) is 24.5 Å². The highest BCUT2D eigenvalue weighted by Gasteiger charge is 2.08. The Bertz CT molecular complexity index is 608. The van der Waals surface area contributed by atoms with Gasteiger partial charge in [-0.2, -0.15) is 5.26 Å². The third kappa shape index (κ3) is 4.03. The highest BCUT2D eigenvalue weighted by molar-refractivity contribution is 5.44. The Balaban J connectivity index is 1.98. The van der Waals surface area contributed by atoms with E-state index < -0.39 is 0 Å². The topological polar surface area (TPSA) is 73.3 Å². The number of aromatic nitrogens is 2. The van der Waals surface area contributed by atoms with Crippen LogP contribution in [0.4, 0.5) is 0 Å². The Kier molecular flexibility index (Phi) is 5.73. The average molecular weight is 286 g/mol. The van der Waals surface area contributed by atoms with Gasteiger partial charge in [-0.25, -0.2) is 4.98 Å². The van der Waals surface area contributed by atoms with Crippen molar-refractivity contribution in [1.82, 2.24) is 14.7 Å². The van der Waals surface area contributed by atoms with E-state index in [0.29, 0.717) is 18.0 Å². The molecule has 2 N–H and O–H groups in total. The number of nitrogens with one attached hydrogen (secondary N) is 1. The van der Waals surface area contributed by atoms with E-state index in [4.69, 9.17) is 10.4 Å². The largest absolute Gasteiger partial charge is 0.396 e. The van der Waals surface area contributed by atoms with E-state index in [2.05, 4.69) is 23.3 Å². The smallest absolute Gasteiger partial charge is 0.137 e. The van der Waals surface area contributed by atoms with Gasteiger partial charge >= 0.3 is 0 Å². The maximum absolute atomic E-state index is 9.07. The minimum atomic E-state index is 0.244. The molecule has 0 saturated heterocycles. The van der Waals surface area contributed by atoms with Gasteiger partial charge in [-0.15, -0.1) is 0 Å². The molecule has 21 heavy (non-hydrogen) atoms. The number of hydrogen-bond donors (Lipinski definition) is 2. The van der Waals surface area contributed by atoms with Crippen LogP contribution < -0.4 is 5.32 Å². The Hall–Kier alpha value is -1.90. The lowest BCUT2D eigenvalue weighted by Gasteiger charge is -2.15. The van der Waals surface area contributed by atoms with Crippen LogP contribution >= 0.6 is 0 Å². The van der Waals surface area contributed by atoms with Crippen molar-refractivity contribution < 1.29 is 5.11 Å². The molecule has 5 nitrogen and oxygen atoms in total. The second-order valence-electron chi connectivity index (χ2n) is 5.31. The summed E-state index contributed by atoms with van der Waals surface area (Å²) in [5, 5.41) is 21.5. The van der Waals surface area contributed by atoms with Gasteiger partial charge in [0.1, 0.15) is 11.7 Å². The number of imidazole rings is 1. The van der Waals surface area contributed by atoms with Crippen LogP contribution in [0.5, 0.6) is 0 Å². The van der Waals surface area contributed by atoms with E-state index in [1.165, 1.54) is 0 Å². The predicted octanol–water partition coefficient (Wildman–Crippen LogP) is 2.09. The lowest BCUT2D eigenvalue weighted by Crippen LogP contribution is -2.23. The van der Waals surface area contributed by atoms with Gasteiger partial charge in [0, 0.05) is 19.3 Å². The highest BCUT2D eigenvalue weighted by Crippen LogP contribution is 2.11. The fourth-order valence-electron chi connectivity index (χ4n) is 2.57. The van der Waals surface area contributed by atoms with Gasteiger partial charge in [-0.1, -0.05) is 13.3 Å². The first kappa shape index (κ1) is 15.5. The van der Waals surface area contributed by atoms with Crippen LogP contribution in [0.2, 0.25) is 0 Å². The Morgan fingerprint density at radius 3 is 3.00 bits per heavy atom. The number of rotatable bonds is 8. The summed E-state index contributed by atoms with van der Waals surface area (Å²) in [6.45, 7) is 4.01. The molecule has 2 aromatic heterocycles. The molecule has 1 atom stereocenters. The minimum Gasteiger partial charge on any atom is -0.396 e. The van der Waals surface area contributed by atoms with Crippen LogP contribution in [0.25, 0.3) is 5.65 Å². The number of nitriles is 1. The second-order valence-corrected chi connectivity index (χ2v) is 5.31. The van der Waals surface area contributed by atoms with Crippen LogP contribution in [-0.2, 0) is 6.54 Å². The summed E-state index contributed by atoms with van der Waals surface area (Å²) in [6, 6.07) is 5.78. The molecule has 0 aliphatic heterocycles. The van der Waals surface area contributed by atoms with Crippen molar-refractivity contribution in [3.8, 4) is 6.07 Å². The third-order valence-corrected chi connectivity index (χ3v) is 3.68. The van der Waals surface area contributed by atoms with Gasteiger partial charge < -0.3 is 14.8 Å². The molecular formula is C16H22N4O. The Morgan fingerprint density at radius 1 is 1.43 bits per heavy atom. The highest BCUT2D eigenvalue weighted by atomic mass is 16.3. The molecule has 0 aromatic carbocycles. The van der Waals surface area contributed by atoms with E-state index >= 15 is 0 Å². The quantitative estimate of drug-likeness (QED) is 0.779. The summed E-state index contributed by atoms with van der Waals surface area (Å²) >= 11 is 0. The fraction of sp³-hybridized carbons (Fsp3) is 0.500. The number of pyridine rings is 1. The lowest BCUT2D eigenvalue weighted by molar-refractivity contribution is 0.248. The normalized spacial score (nSPS) is 12.4. The second kappa shape index (κ2) is 7.77. The summed E-state index contributed by atoms with van der Waals surface area (Å²) in [5.74, 6) is 0.508. The number of fused-ring (bicyclic) bond motifs is 1. The average Bonchev–Trinajstić information content (AvgIpc) is 2.90. The first-order valence-electron chi connectivity index (χ1n) is 7.46. The zero-order chi connectivity index (χ0) is 15.1. The predicted molar refractivity (Wildman–Crippen MR) is 81.7 cm³/mol. The van der Waals surface area contributed by atoms with E-state index in [0.717, 1.165) is 37.1 Å². The van der Waals surface area contributed by atoms with E-state index in [-0.39, 0.29) is 6.61 Å². The van der Waals surface area contributed by atoms with Gasteiger partial charge in [-0.3, -0.25) is 0 Å². The molecule has 2 heterocycles. The molecule has 2 aromatic rings. The Labute approximate surface area is 125 Å². The molecule has 1 unspecified atom stereocenters. The number of nitrogens with zero attached hydrogens (tertiary/aromatic N) is 3. The summed E-state index contributed by atoms with van der Waals surface area (Å²) in [4.78, 5) is 4.34. The molecule has 0 amide bonds. The molecule has 112 valence electrons. The molecule has 0 saturated carbocycles. The van der Waals surface area contributed by atoms with E-state index in [9.17, 15) is 0 Å². The van der Waals surface area contributed by atoms with Crippen LogP contribution in [0.3, 0.4) is 0 Å². The van der Waals surface area contributed by atoms with Gasteiger partial charge in [-0.05, 0) is 37.4 Å².